The van der Waals surface area contributed by atoms with Crippen molar-refractivity contribution in [3.63, 3.8) is 0 Å². The van der Waals surface area contributed by atoms with Gasteiger partial charge in [0, 0.05) is 29.7 Å². The summed E-state index contributed by atoms with van der Waals surface area (Å²) in [5.41, 5.74) is 1.81. The van der Waals surface area contributed by atoms with Gasteiger partial charge in [-0.25, -0.2) is 0 Å². The third-order valence-corrected chi connectivity index (χ3v) is 5.71. The van der Waals surface area contributed by atoms with E-state index in [9.17, 15) is 14.4 Å². The van der Waals surface area contributed by atoms with Crippen molar-refractivity contribution >= 4 is 23.2 Å². The molecule has 3 aromatic rings. The number of hydrogen-bond donors (Lipinski definition) is 0. The monoisotopic (exact) mass is 461 g/mol. The first-order chi connectivity index (χ1) is 16.2. The minimum atomic E-state index is -1.12. The van der Waals surface area contributed by atoms with Crippen LogP contribution >= 0.6 is 0 Å². The fourth-order valence-electron chi connectivity index (χ4n) is 4.18. The van der Waals surface area contributed by atoms with E-state index < -0.39 is 29.6 Å². The van der Waals surface area contributed by atoms with E-state index >= 15 is 0 Å². The maximum absolute atomic E-state index is 13.3. The second-order valence-corrected chi connectivity index (χ2v) is 8.91. The van der Waals surface area contributed by atoms with Crippen LogP contribution in [0.4, 0.5) is 5.69 Å². The average Bonchev–Trinajstić information content (AvgIpc) is 3.34. The lowest BCUT2D eigenvalue weighted by atomic mass is 9.84. The van der Waals surface area contributed by atoms with Crippen LogP contribution in [0.5, 0.6) is 5.75 Å². The number of nitrogens with zero attached hydrogens (tertiary/aromatic N) is 3. The number of amides is 1. The van der Waals surface area contributed by atoms with Crippen molar-refractivity contribution in [3.05, 3.63) is 60.0 Å². The average molecular weight is 462 g/mol. The number of ether oxygens (including phenoxy) is 1. The van der Waals surface area contributed by atoms with E-state index in [0.29, 0.717) is 34.3 Å². The summed E-state index contributed by atoms with van der Waals surface area (Å²) < 4.78 is 11.0. The number of carbonyl (C=O) groups is 3. The van der Waals surface area contributed by atoms with Crippen molar-refractivity contribution in [1.82, 2.24) is 10.1 Å². The molecule has 0 N–H and O–H groups in total. The number of carbonyl (C=O) groups excluding carboxylic acids is 3. The number of benzene rings is 2. The van der Waals surface area contributed by atoms with Crippen LogP contribution in [-0.4, -0.2) is 33.7 Å². The maximum atomic E-state index is 13.3. The van der Waals surface area contributed by atoms with E-state index in [0.717, 1.165) is 0 Å². The van der Waals surface area contributed by atoms with Crippen LogP contribution in [0.2, 0.25) is 0 Å². The normalized spacial score (nSPS) is 18.3. The Morgan fingerprint density at radius 3 is 2.29 bits per heavy atom. The SMILES string of the molecule is Cc1nc(-c2ccc(N3C(=O)C(=O)C(C(=O)C(C)C)C3c3ccccc3OC(C)C)cc2)no1. The van der Waals surface area contributed by atoms with Gasteiger partial charge in [0.25, 0.3) is 5.91 Å². The highest BCUT2D eigenvalue weighted by molar-refractivity contribution is 6.48. The Kier molecular flexibility index (Phi) is 6.32. The molecule has 1 aliphatic heterocycles. The Morgan fingerprint density at radius 2 is 1.71 bits per heavy atom. The van der Waals surface area contributed by atoms with Crippen molar-refractivity contribution in [2.45, 2.75) is 46.8 Å². The molecule has 2 atom stereocenters. The number of aryl methyl sites for hydroxylation is 1. The number of hydrogen-bond acceptors (Lipinski definition) is 7. The van der Waals surface area contributed by atoms with Gasteiger partial charge in [0.2, 0.25) is 17.5 Å². The molecule has 2 heterocycles. The summed E-state index contributed by atoms with van der Waals surface area (Å²) in [5.74, 6) is -1.83. The summed E-state index contributed by atoms with van der Waals surface area (Å²) in [7, 11) is 0. The van der Waals surface area contributed by atoms with Gasteiger partial charge in [-0.3, -0.25) is 19.3 Å². The third-order valence-electron chi connectivity index (χ3n) is 5.71. The first kappa shape index (κ1) is 23.4. The van der Waals surface area contributed by atoms with E-state index in [4.69, 9.17) is 9.26 Å². The molecule has 0 aliphatic carbocycles. The fourth-order valence-corrected chi connectivity index (χ4v) is 4.18. The molecule has 8 nitrogen and oxygen atoms in total. The van der Waals surface area contributed by atoms with Crippen LogP contribution in [0.3, 0.4) is 0 Å². The van der Waals surface area contributed by atoms with Crippen LogP contribution in [0.25, 0.3) is 11.4 Å². The van der Waals surface area contributed by atoms with Crippen LogP contribution in [-0.2, 0) is 14.4 Å². The van der Waals surface area contributed by atoms with Gasteiger partial charge < -0.3 is 9.26 Å². The highest BCUT2D eigenvalue weighted by Crippen LogP contribution is 2.44. The smallest absolute Gasteiger partial charge is 0.295 e. The second-order valence-electron chi connectivity index (χ2n) is 8.91. The number of anilines is 1. The van der Waals surface area contributed by atoms with E-state index in [2.05, 4.69) is 10.1 Å². The minimum Gasteiger partial charge on any atom is -0.491 e. The lowest BCUT2D eigenvalue weighted by Gasteiger charge is -2.29. The molecule has 1 fully saturated rings. The molecule has 1 saturated heterocycles. The topological polar surface area (TPSA) is 103 Å². The lowest BCUT2D eigenvalue weighted by Crippen LogP contribution is -2.32. The number of Topliss-reactive ketones (excluding diaryl/α,β-unsaturated/α-hetero) is 2. The largest absolute Gasteiger partial charge is 0.491 e. The standard InChI is InChI=1S/C26H27N3O5/c1-14(2)23(30)21-22(19-8-6-7-9-20(19)33-15(3)4)29(26(32)24(21)31)18-12-10-17(11-13-18)25-27-16(5)34-28-25/h6-15,21-22H,1-5H3. The van der Waals surface area contributed by atoms with Gasteiger partial charge in [0.15, 0.2) is 0 Å². The highest BCUT2D eigenvalue weighted by atomic mass is 16.5. The van der Waals surface area contributed by atoms with Crippen molar-refractivity contribution in [2.75, 3.05) is 4.90 Å². The zero-order valence-electron chi connectivity index (χ0n) is 19.8. The Labute approximate surface area is 197 Å². The van der Waals surface area contributed by atoms with Gasteiger partial charge in [0.05, 0.1) is 12.1 Å². The quantitative estimate of drug-likeness (QED) is 0.381. The molecule has 0 radical (unpaired) electrons. The summed E-state index contributed by atoms with van der Waals surface area (Å²) in [6.07, 6.45) is -0.126. The van der Waals surface area contributed by atoms with Gasteiger partial charge in [0.1, 0.15) is 17.5 Å². The first-order valence-electron chi connectivity index (χ1n) is 11.3. The lowest BCUT2D eigenvalue weighted by molar-refractivity contribution is -0.139. The molecule has 2 aromatic carbocycles. The summed E-state index contributed by atoms with van der Waals surface area (Å²) in [6, 6.07) is 13.4. The Balaban J connectivity index is 1.82. The number of rotatable bonds is 7. The molecule has 8 heteroatoms. The van der Waals surface area contributed by atoms with Crippen molar-refractivity contribution in [3.8, 4) is 17.1 Å². The Morgan fingerprint density at radius 1 is 1.03 bits per heavy atom. The number of para-hydroxylation sites is 1. The maximum Gasteiger partial charge on any atom is 0.295 e. The van der Waals surface area contributed by atoms with E-state index in [1.165, 1.54) is 4.90 Å². The zero-order chi connectivity index (χ0) is 24.6. The molecule has 1 aromatic heterocycles. The predicted molar refractivity (Wildman–Crippen MR) is 125 cm³/mol. The summed E-state index contributed by atoms with van der Waals surface area (Å²) in [4.78, 5) is 45.2. The summed E-state index contributed by atoms with van der Waals surface area (Å²) >= 11 is 0. The van der Waals surface area contributed by atoms with E-state index in [1.54, 1.807) is 57.2 Å². The molecule has 1 amide bonds. The molecule has 0 saturated carbocycles. The third kappa shape index (κ3) is 4.23. The molecule has 2 unspecified atom stereocenters. The molecule has 4 rings (SSSR count). The van der Waals surface area contributed by atoms with Gasteiger partial charge in [-0.05, 0) is 44.2 Å². The van der Waals surface area contributed by atoms with Gasteiger partial charge in [-0.1, -0.05) is 37.2 Å². The van der Waals surface area contributed by atoms with Crippen LogP contribution in [0.1, 0.15) is 45.2 Å². The van der Waals surface area contributed by atoms with E-state index in [1.807, 2.05) is 26.0 Å². The van der Waals surface area contributed by atoms with Gasteiger partial charge in [-0.2, -0.15) is 4.98 Å². The van der Waals surface area contributed by atoms with Crippen LogP contribution in [0, 0.1) is 18.8 Å². The van der Waals surface area contributed by atoms with Crippen LogP contribution < -0.4 is 9.64 Å². The number of aromatic nitrogens is 2. The summed E-state index contributed by atoms with van der Waals surface area (Å²) in [6.45, 7) is 8.96. The zero-order valence-corrected chi connectivity index (χ0v) is 19.8. The van der Waals surface area contributed by atoms with Crippen LogP contribution in [0.15, 0.2) is 53.1 Å². The predicted octanol–water partition coefficient (Wildman–Crippen LogP) is 4.33. The van der Waals surface area contributed by atoms with Gasteiger partial charge >= 0.3 is 0 Å². The summed E-state index contributed by atoms with van der Waals surface area (Å²) in [5, 5.41) is 3.91. The Bertz CT molecular complexity index is 1230. The molecular formula is C26H27N3O5. The fraction of sp³-hybridized carbons (Fsp3) is 0.346. The van der Waals surface area contributed by atoms with E-state index in [-0.39, 0.29) is 11.9 Å². The molecular weight excluding hydrogens is 434 g/mol. The van der Waals surface area contributed by atoms with Crippen molar-refractivity contribution in [2.24, 2.45) is 11.8 Å². The molecule has 0 spiro atoms. The first-order valence-corrected chi connectivity index (χ1v) is 11.3. The Hall–Kier alpha value is -3.81. The molecule has 1 aliphatic rings. The van der Waals surface area contributed by atoms with Crippen molar-refractivity contribution < 1.29 is 23.6 Å². The highest BCUT2D eigenvalue weighted by Gasteiger charge is 2.53. The van der Waals surface area contributed by atoms with Crippen molar-refractivity contribution in [1.29, 1.82) is 0 Å². The molecule has 0 bridgehead atoms. The molecule has 176 valence electrons. The second kappa shape index (κ2) is 9.21. The number of ketones is 2. The van der Waals surface area contributed by atoms with Gasteiger partial charge in [-0.15, -0.1) is 0 Å². The minimum absolute atomic E-state index is 0.126. The molecule has 34 heavy (non-hydrogen) atoms.